The molecular formula is C22H22N2O2. The molecule has 4 nitrogen and oxygen atoms in total. The van der Waals surface area contributed by atoms with Gasteiger partial charge in [-0.15, -0.1) is 6.58 Å². The summed E-state index contributed by atoms with van der Waals surface area (Å²) >= 11 is 0. The third-order valence-corrected chi connectivity index (χ3v) is 4.04. The van der Waals surface area contributed by atoms with Crippen molar-refractivity contribution in [3.63, 3.8) is 0 Å². The minimum absolute atomic E-state index is 0.104. The van der Waals surface area contributed by atoms with Crippen molar-refractivity contribution in [1.29, 1.82) is 0 Å². The van der Waals surface area contributed by atoms with Crippen LogP contribution in [-0.4, -0.2) is 17.5 Å². The maximum absolute atomic E-state index is 12.4. The van der Waals surface area contributed by atoms with Crippen LogP contribution in [0.2, 0.25) is 0 Å². The fourth-order valence-corrected chi connectivity index (χ4v) is 2.66. The highest BCUT2D eigenvalue weighted by atomic mass is 16.5. The lowest BCUT2D eigenvalue weighted by atomic mass is 10.1. The highest BCUT2D eigenvalue weighted by Gasteiger charge is 2.07. The summed E-state index contributed by atoms with van der Waals surface area (Å²) in [6, 6.07) is 17.1. The van der Waals surface area contributed by atoms with Crippen LogP contribution in [0.5, 0.6) is 5.75 Å². The highest BCUT2D eigenvalue weighted by molar-refractivity contribution is 5.97. The minimum atomic E-state index is -0.104. The van der Waals surface area contributed by atoms with E-state index in [1.165, 1.54) is 0 Å². The van der Waals surface area contributed by atoms with Gasteiger partial charge >= 0.3 is 0 Å². The lowest BCUT2D eigenvalue weighted by Crippen LogP contribution is -2.22. The van der Waals surface area contributed by atoms with Crippen molar-refractivity contribution in [2.45, 2.75) is 19.4 Å². The Bertz CT molecular complexity index is 905. The van der Waals surface area contributed by atoms with Crippen LogP contribution < -0.4 is 10.1 Å². The SMILES string of the molecule is C=CCCCOc1cccc(CNC(=O)c2ccc3ncccc3c2)c1. The number of amides is 1. The lowest BCUT2D eigenvalue weighted by Gasteiger charge is -2.09. The number of pyridine rings is 1. The molecule has 0 atom stereocenters. The van der Waals surface area contributed by atoms with Crippen LogP contribution in [0.25, 0.3) is 10.9 Å². The van der Waals surface area contributed by atoms with E-state index in [2.05, 4.69) is 16.9 Å². The number of aromatic nitrogens is 1. The number of nitrogens with zero attached hydrogens (tertiary/aromatic N) is 1. The van der Waals surface area contributed by atoms with E-state index in [1.807, 2.05) is 54.6 Å². The fourth-order valence-electron chi connectivity index (χ4n) is 2.66. The number of carbonyl (C=O) groups is 1. The van der Waals surface area contributed by atoms with E-state index in [-0.39, 0.29) is 5.91 Å². The van der Waals surface area contributed by atoms with Gasteiger partial charge in [0.25, 0.3) is 5.91 Å². The van der Waals surface area contributed by atoms with E-state index in [4.69, 9.17) is 4.74 Å². The van der Waals surface area contributed by atoms with E-state index in [0.717, 1.165) is 35.1 Å². The van der Waals surface area contributed by atoms with Crippen LogP contribution in [0, 0.1) is 0 Å². The number of benzene rings is 2. The maximum Gasteiger partial charge on any atom is 0.251 e. The molecule has 0 saturated heterocycles. The zero-order chi connectivity index (χ0) is 18.2. The first-order valence-electron chi connectivity index (χ1n) is 8.72. The van der Waals surface area contributed by atoms with E-state index in [1.54, 1.807) is 12.3 Å². The van der Waals surface area contributed by atoms with Gasteiger partial charge in [0.05, 0.1) is 12.1 Å². The van der Waals surface area contributed by atoms with E-state index in [0.29, 0.717) is 18.7 Å². The van der Waals surface area contributed by atoms with E-state index < -0.39 is 0 Å². The Morgan fingerprint density at radius 1 is 1.15 bits per heavy atom. The molecule has 132 valence electrons. The van der Waals surface area contributed by atoms with Crippen LogP contribution in [0.4, 0.5) is 0 Å². The first-order chi connectivity index (χ1) is 12.8. The molecule has 2 aromatic carbocycles. The average molecular weight is 346 g/mol. The summed E-state index contributed by atoms with van der Waals surface area (Å²) in [5.41, 5.74) is 2.51. The molecule has 0 radical (unpaired) electrons. The first-order valence-corrected chi connectivity index (χ1v) is 8.72. The molecule has 1 aromatic heterocycles. The molecule has 0 spiro atoms. The Labute approximate surface area is 153 Å². The second-order valence-electron chi connectivity index (χ2n) is 6.02. The van der Waals surface area contributed by atoms with Gasteiger partial charge in [-0.2, -0.15) is 0 Å². The van der Waals surface area contributed by atoms with Crippen LogP contribution in [-0.2, 0) is 6.54 Å². The zero-order valence-corrected chi connectivity index (χ0v) is 14.7. The Morgan fingerprint density at radius 2 is 2.08 bits per heavy atom. The summed E-state index contributed by atoms with van der Waals surface area (Å²) in [6.45, 7) is 4.81. The largest absolute Gasteiger partial charge is 0.494 e. The van der Waals surface area contributed by atoms with Crippen molar-refractivity contribution in [2.24, 2.45) is 0 Å². The van der Waals surface area contributed by atoms with Crippen molar-refractivity contribution in [1.82, 2.24) is 10.3 Å². The molecule has 3 aromatic rings. The summed E-state index contributed by atoms with van der Waals surface area (Å²) in [5, 5.41) is 3.91. The molecular weight excluding hydrogens is 324 g/mol. The van der Waals surface area contributed by atoms with Crippen LogP contribution >= 0.6 is 0 Å². The molecule has 1 N–H and O–H groups in total. The van der Waals surface area contributed by atoms with Gasteiger partial charge in [-0.25, -0.2) is 0 Å². The third kappa shape index (κ3) is 4.70. The highest BCUT2D eigenvalue weighted by Crippen LogP contribution is 2.15. The number of hydrogen-bond donors (Lipinski definition) is 1. The molecule has 0 bridgehead atoms. The number of allylic oxidation sites excluding steroid dienone is 1. The number of unbranched alkanes of at least 4 members (excludes halogenated alkanes) is 1. The van der Waals surface area contributed by atoms with Gasteiger partial charge in [-0.3, -0.25) is 9.78 Å². The Morgan fingerprint density at radius 3 is 2.96 bits per heavy atom. The van der Waals surface area contributed by atoms with Gasteiger partial charge in [0.1, 0.15) is 5.75 Å². The molecule has 0 unspecified atom stereocenters. The second-order valence-corrected chi connectivity index (χ2v) is 6.02. The number of nitrogens with one attached hydrogen (secondary N) is 1. The second kappa shape index (κ2) is 8.81. The molecule has 0 fully saturated rings. The Hall–Kier alpha value is -3.14. The van der Waals surface area contributed by atoms with Crippen molar-refractivity contribution >= 4 is 16.8 Å². The smallest absolute Gasteiger partial charge is 0.251 e. The lowest BCUT2D eigenvalue weighted by molar-refractivity contribution is 0.0951. The van der Waals surface area contributed by atoms with Crippen molar-refractivity contribution < 1.29 is 9.53 Å². The standard InChI is InChI=1S/C22H22N2O2/c1-2-3-4-13-26-20-9-5-7-17(14-20)16-24-22(25)19-10-11-21-18(15-19)8-6-12-23-21/h2,5-12,14-15H,1,3-4,13,16H2,(H,24,25). The average Bonchev–Trinajstić information content (AvgIpc) is 2.69. The normalized spacial score (nSPS) is 10.5. The van der Waals surface area contributed by atoms with Crippen molar-refractivity contribution in [3.8, 4) is 5.75 Å². The fraction of sp³-hybridized carbons (Fsp3) is 0.182. The van der Waals surface area contributed by atoms with Gasteiger partial charge < -0.3 is 10.1 Å². The molecule has 26 heavy (non-hydrogen) atoms. The van der Waals surface area contributed by atoms with Gasteiger partial charge in [-0.05, 0) is 54.8 Å². The monoisotopic (exact) mass is 346 g/mol. The molecule has 1 amide bonds. The Kier molecular flexibility index (Phi) is 5.99. The molecule has 0 aliphatic carbocycles. The summed E-state index contributed by atoms with van der Waals surface area (Å²) in [6.07, 6.45) is 5.52. The number of ether oxygens (including phenoxy) is 1. The van der Waals surface area contributed by atoms with Gasteiger partial charge in [0.15, 0.2) is 0 Å². The molecule has 3 rings (SSSR count). The number of rotatable bonds is 8. The van der Waals surface area contributed by atoms with Crippen molar-refractivity contribution in [2.75, 3.05) is 6.61 Å². The molecule has 0 saturated carbocycles. The first kappa shape index (κ1) is 17.7. The predicted octanol–water partition coefficient (Wildman–Crippen LogP) is 4.51. The van der Waals surface area contributed by atoms with Crippen LogP contribution in [0.15, 0.2) is 73.4 Å². The quantitative estimate of drug-likeness (QED) is 0.482. The molecule has 0 aliphatic heterocycles. The molecule has 0 aliphatic rings. The van der Waals surface area contributed by atoms with Gasteiger partial charge in [-0.1, -0.05) is 24.3 Å². The van der Waals surface area contributed by atoms with Crippen LogP contribution in [0.1, 0.15) is 28.8 Å². The predicted molar refractivity (Wildman–Crippen MR) is 104 cm³/mol. The maximum atomic E-state index is 12.4. The molecule has 4 heteroatoms. The van der Waals surface area contributed by atoms with Crippen molar-refractivity contribution in [3.05, 3.63) is 84.6 Å². The third-order valence-electron chi connectivity index (χ3n) is 4.04. The molecule has 1 heterocycles. The Balaban J connectivity index is 1.59. The van der Waals surface area contributed by atoms with Crippen LogP contribution in [0.3, 0.4) is 0 Å². The zero-order valence-electron chi connectivity index (χ0n) is 14.7. The summed E-state index contributed by atoms with van der Waals surface area (Å²) in [4.78, 5) is 16.7. The van der Waals surface area contributed by atoms with E-state index >= 15 is 0 Å². The topological polar surface area (TPSA) is 51.2 Å². The van der Waals surface area contributed by atoms with Gasteiger partial charge in [0.2, 0.25) is 0 Å². The van der Waals surface area contributed by atoms with E-state index in [9.17, 15) is 4.79 Å². The van der Waals surface area contributed by atoms with Gasteiger partial charge in [0, 0.05) is 23.7 Å². The summed E-state index contributed by atoms with van der Waals surface area (Å²) < 4.78 is 5.72. The minimum Gasteiger partial charge on any atom is -0.494 e. The number of fused-ring (bicyclic) bond motifs is 1. The number of carbonyl (C=O) groups excluding carboxylic acids is 1. The summed E-state index contributed by atoms with van der Waals surface area (Å²) in [5.74, 6) is 0.714. The number of hydrogen-bond acceptors (Lipinski definition) is 3. The summed E-state index contributed by atoms with van der Waals surface area (Å²) in [7, 11) is 0.